The highest BCUT2D eigenvalue weighted by Gasteiger charge is 2.26. The molecule has 1 unspecified atom stereocenters. The lowest BCUT2D eigenvalue weighted by Crippen LogP contribution is -2.35. The topological polar surface area (TPSA) is 120 Å². The summed E-state index contributed by atoms with van der Waals surface area (Å²) in [4.78, 5) is 39.2. The fourth-order valence-electron chi connectivity index (χ4n) is 3.99. The van der Waals surface area contributed by atoms with E-state index < -0.39 is 29.1 Å². The van der Waals surface area contributed by atoms with Crippen LogP contribution in [0.5, 0.6) is 5.75 Å². The van der Waals surface area contributed by atoms with Crippen LogP contribution < -0.4 is 15.6 Å². The highest BCUT2D eigenvalue weighted by Crippen LogP contribution is 2.34. The normalized spacial score (nSPS) is 12.7. The molecule has 0 radical (unpaired) electrons. The Balaban J connectivity index is 1.97. The van der Waals surface area contributed by atoms with E-state index in [0.717, 1.165) is 0 Å². The number of nitrogens with zero attached hydrogens (tertiary/aromatic N) is 2. The summed E-state index contributed by atoms with van der Waals surface area (Å²) in [6, 6.07) is 13.5. The number of ether oxygens (including phenoxy) is 3. The van der Waals surface area contributed by atoms with E-state index in [0.29, 0.717) is 33.0 Å². The Morgan fingerprint density at radius 1 is 1.07 bits per heavy atom. The Kier molecular flexibility index (Phi) is 9.74. The molecular weight excluding hydrogens is 534 g/mol. The first-order valence-corrected chi connectivity index (χ1v) is 12.9. The second-order valence-corrected chi connectivity index (χ2v) is 10.6. The number of methoxy groups -OCH3 is 2. The lowest BCUT2D eigenvalue weighted by molar-refractivity contribution is -0.120. The number of rotatable bonds is 9. The standard InChI is InChI=1S/C30H32ClN3O6/c1-18(38-5)13-25(28(36)33-22-11-8-19(9-12-22)29(37)40-30(2,3)4)34-17-26(39-6)24(15-27(34)35)23-14-21(31)10-7-20(23)16-32/h7-12,14-15,17-18,25H,13H2,1-6H3,(H,33,36)/t18-,25?/m0/s1. The molecule has 2 aromatic carbocycles. The molecule has 0 aliphatic carbocycles. The van der Waals surface area contributed by atoms with Crippen molar-refractivity contribution in [2.75, 3.05) is 19.5 Å². The molecule has 3 rings (SSSR count). The van der Waals surface area contributed by atoms with E-state index in [-0.39, 0.29) is 18.3 Å². The molecule has 3 aromatic rings. The van der Waals surface area contributed by atoms with Crippen molar-refractivity contribution in [1.29, 1.82) is 5.26 Å². The van der Waals surface area contributed by atoms with Gasteiger partial charge in [0.2, 0.25) is 5.91 Å². The summed E-state index contributed by atoms with van der Waals surface area (Å²) in [6.07, 6.45) is 1.26. The summed E-state index contributed by atoms with van der Waals surface area (Å²) >= 11 is 6.16. The zero-order chi connectivity index (χ0) is 29.6. The van der Waals surface area contributed by atoms with Crippen molar-refractivity contribution in [2.45, 2.75) is 51.9 Å². The average molecular weight is 566 g/mol. The van der Waals surface area contributed by atoms with E-state index in [9.17, 15) is 19.6 Å². The number of nitriles is 1. The molecule has 40 heavy (non-hydrogen) atoms. The molecule has 1 heterocycles. The van der Waals surface area contributed by atoms with E-state index in [4.69, 9.17) is 25.8 Å². The van der Waals surface area contributed by atoms with Gasteiger partial charge in [0.25, 0.3) is 5.56 Å². The Morgan fingerprint density at radius 3 is 2.33 bits per heavy atom. The maximum atomic E-state index is 13.5. The Bertz CT molecular complexity index is 1490. The zero-order valence-electron chi connectivity index (χ0n) is 23.3. The van der Waals surface area contributed by atoms with Gasteiger partial charge in [-0.1, -0.05) is 11.6 Å². The minimum absolute atomic E-state index is 0.182. The van der Waals surface area contributed by atoms with E-state index >= 15 is 0 Å². The maximum Gasteiger partial charge on any atom is 0.338 e. The number of halogens is 1. The van der Waals surface area contributed by atoms with Crippen LogP contribution >= 0.6 is 11.6 Å². The van der Waals surface area contributed by atoms with E-state index in [2.05, 4.69) is 11.4 Å². The van der Waals surface area contributed by atoms with Gasteiger partial charge < -0.3 is 19.5 Å². The largest absolute Gasteiger partial charge is 0.495 e. The van der Waals surface area contributed by atoms with Gasteiger partial charge in [-0.15, -0.1) is 0 Å². The first kappa shape index (κ1) is 30.4. The van der Waals surface area contributed by atoms with Gasteiger partial charge >= 0.3 is 5.97 Å². The summed E-state index contributed by atoms with van der Waals surface area (Å²) < 4.78 is 17.6. The van der Waals surface area contributed by atoms with Crippen molar-refractivity contribution < 1.29 is 23.8 Å². The second-order valence-electron chi connectivity index (χ2n) is 10.2. The zero-order valence-corrected chi connectivity index (χ0v) is 24.0. The summed E-state index contributed by atoms with van der Waals surface area (Å²) in [6.45, 7) is 7.13. The molecule has 0 bridgehead atoms. The van der Waals surface area contributed by atoms with Gasteiger partial charge in [0.15, 0.2) is 0 Å². The minimum atomic E-state index is -0.967. The summed E-state index contributed by atoms with van der Waals surface area (Å²) in [5, 5.41) is 12.8. The molecule has 1 N–H and O–H groups in total. The van der Waals surface area contributed by atoms with Crippen LogP contribution in [0, 0.1) is 11.3 Å². The lowest BCUT2D eigenvalue weighted by Gasteiger charge is -2.23. The molecule has 210 valence electrons. The first-order chi connectivity index (χ1) is 18.9. The number of anilines is 1. The van der Waals surface area contributed by atoms with E-state index in [1.807, 2.05) is 0 Å². The minimum Gasteiger partial charge on any atom is -0.495 e. The van der Waals surface area contributed by atoms with Gasteiger partial charge in [0, 0.05) is 41.4 Å². The monoisotopic (exact) mass is 565 g/mol. The third-order valence-corrected chi connectivity index (χ3v) is 6.27. The maximum absolute atomic E-state index is 13.5. The van der Waals surface area contributed by atoms with Crippen LogP contribution in [-0.2, 0) is 14.3 Å². The van der Waals surface area contributed by atoms with Crippen LogP contribution in [0.2, 0.25) is 5.02 Å². The van der Waals surface area contributed by atoms with Gasteiger partial charge in [0.05, 0.1) is 36.6 Å². The van der Waals surface area contributed by atoms with Crippen LogP contribution in [0.4, 0.5) is 5.69 Å². The molecule has 2 atom stereocenters. The molecule has 1 amide bonds. The van der Waals surface area contributed by atoms with Crippen molar-refractivity contribution >= 4 is 29.2 Å². The number of nitrogens with one attached hydrogen (secondary N) is 1. The van der Waals surface area contributed by atoms with Crippen LogP contribution in [0.15, 0.2) is 59.5 Å². The molecule has 0 fully saturated rings. The van der Waals surface area contributed by atoms with Crippen molar-refractivity contribution in [3.8, 4) is 22.9 Å². The quantitative estimate of drug-likeness (QED) is 0.335. The number of pyridine rings is 1. The van der Waals surface area contributed by atoms with Crippen molar-refractivity contribution in [2.24, 2.45) is 0 Å². The molecule has 9 nitrogen and oxygen atoms in total. The summed E-state index contributed by atoms with van der Waals surface area (Å²) in [5.74, 6) is -0.663. The Morgan fingerprint density at radius 2 is 1.75 bits per heavy atom. The van der Waals surface area contributed by atoms with Crippen molar-refractivity contribution in [3.05, 3.63) is 81.2 Å². The fourth-order valence-corrected chi connectivity index (χ4v) is 4.16. The number of carbonyl (C=O) groups excluding carboxylic acids is 2. The molecule has 0 spiro atoms. The molecular formula is C30H32ClN3O6. The smallest absolute Gasteiger partial charge is 0.338 e. The van der Waals surface area contributed by atoms with E-state index in [1.165, 1.54) is 31.0 Å². The molecule has 0 saturated carbocycles. The Hall–Kier alpha value is -4.13. The van der Waals surface area contributed by atoms with Crippen LogP contribution in [0.25, 0.3) is 11.1 Å². The number of hydrogen-bond donors (Lipinski definition) is 1. The Labute approximate surface area is 238 Å². The number of hydrogen-bond acceptors (Lipinski definition) is 7. The third-order valence-electron chi connectivity index (χ3n) is 6.04. The molecule has 0 saturated heterocycles. The number of aromatic nitrogens is 1. The SMILES string of the molecule is COc1cn(C(C[C@H](C)OC)C(=O)Nc2ccc(C(=O)OC(C)(C)C)cc2)c(=O)cc1-c1cc(Cl)ccc1C#N. The molecule has 0 aliphatic rings. The van der Waals surface area contributed by atoms with E-state index in [1.54, 1.807) is 70.2 Å². The van der Waals surface area contributed by atoms with Gasteiger partial charge in [-0.3, -0.25) is 14.2 Å². The summed E-state index contributed by atoms with van der Waals surface area (Å²) in [5.41, 5.74) is 0.780. The fraction of sp³-hybridized carbons (Fsp3) is 0.333. The summed E-state index contributed by atoms with van der Waals surface area (Å²) in [7, 11) is 2.95. The second kappa shape index (κ2) is 12.8. The molecule has 10 heteroatoms. The molecule has 1 aromatic heterocycles. The highest BCUT2D eigenvalue weighted by molar-refractivity contribution is 6.31. The van der Waals surface area contributed by atoms with Gasteiger partial charge in [-0.2, -0.15) is 5.26 Å². The average Bonchev–Trinajstić information content (AvgIpc) is 2.91. The predicted molar refractivity (Wildman–Crippen MR) is 153 cm³/mol. The number of benzene rings is 2. The third kappa shape index (κ3) is 7.50. The number of carbonyl (C=O) groups is 2. The van der Waals surface area contributed by atoms with Crippen molar-refractivity contribution in [3.63, 3.8) is 0 Å². The first-order valence-electron chi connectivity index (χ1n) is 12.5. The van der Waals surface area contributed by atoms with Crippen molar-refractivity contribution in [1.82, 2.24) is 4.57 Å². The van der Waals surface area contributed by atoms with Gasteiger partial charge in [0.1, 0.15) is 17.4 Å². The van der Waals surface area contributed by atoms with Gasteiger partial charge in [-0.05, 0) is 70.2 Å². The van der Waals surface area contributed by atoms with Gasteiger partial charge in [-0.25, -0.2) is 4.79 Å². The number of esters is 1. The predicted octanol–water partition coefficient (Wildman–Crippen LogP) is 5.61. The lowest BCUT2D eigenvalue weighted by atomic mass is 10.00. The van der Waals surface area contributed by atoms with Crippen LogP contribution in [-0.4, -0.2) is 42.4 Å². The van der Waals surface area contributed by atoms with Crippen LogP contribution in [0.1, 0.15) is 56.1 Å². The molecule has 0 aliphatic heterocycles. The number of amides is 1. The van der Waals surface area contributed by atoms with Crippen LogP contribution in [0.3, 0.4) is 0 Å². The highest BCUT2D eigenvalue weighted by atomic mass is 35.5.